The summed E-state index contributed by atoms with van der Waals surface area (Å²) in [7, 11) is 0. The molecule has 1 heteroatoms. The lowest BCUT2D eigenvalue weighted by molar-refractivity contribution is 0.0270. The van der Waals surface area contributed by atoms with Crippen molar-refractivity contribution in [2.75, 3.05) is 6.54 Å². The maximum atomic E-state index is 4.03. The maximum absolute atomic E-state index is 4.03. The Morgan fingerprint density at radius 3 is 2.82 bits per heavy atom. The van der Waals surface area contributed by atoms with E-state index in [1.165, 1.54) is 12.0 Å². The lowest BCUT2D eigenvalue weighted by Crippen LogP contribution is -2.59. The molecule has 2 fully saturated rings. The van der Waals surface area contributed by atoms with E-state index in [0.717, 1.165) is 30.3 Å². The zero-order valence-electron chi connectivity index (χ0n) is 7.43. The predicted molar refractivity (Wildman–Crippen MR) is 47.4 cm³/mol. The van der Waals surface area contributed by atoms with Gasteiger partial charge < -0.3 is 5.32 Å². The fraction of sp³-hybridized carbons (Fsp3) is 0.800. The second-order valence-corrected chi connectivity index (χ2v) is 4.24. The van der Waals surface area contributed by atoms with Crippen molar-refractivity contribution in [3.8, 4) is 0 Å². The SMILES string of the molecule is C=C1CNC2C(C)C(C)C2C1. The van der Waals surface area contributed by atoms with Crippen molar-refractivity contribution in [1.29, 1.82) is 0 Å². The minimum atomic E-state index is 0.801. The molecular weight excluding hydrogens is 134 g/mol. The zero-order valence-corrected chi connectivity index (χ0v) is 7.43. The number of piperidine rings is 1. The minimum Gasteiger partial charge on any atom is -0.310 e. The standard InChI is InChI=1S/C10H17N/c1-6-4-9-7(2)8(3)10(9)11-5-6/h7-11H,1,4-5H2,2-3H3. The molecule has 2 rings (SSSR count). The first-order valence-corrected chi connectivity index (χ1v) is 4.60. The van der Waals surface area contributed by atoms with Gasteiger partial charge in [0.1, 0.15) is 0 Å². The van der Waals surface area contributed by atoms with Gasteiger partial charge >= 0.3 is 0 Å². The van der Waals surface area contributed by atoms with Crippen LogP contribution in [-0.2, 0) is 0 Å². The van der Waals surface area contributed by atoms with E-state index in [-0.39, 0.29) is 0 Å². The molecule has 0 aromatic carbocycles. The second kappa shape index (κ2) is 2.34. The van der Waals surface area contributed by atoms with Gasteiger partial charge in [0, 0.05) is 12.6 Å². The third-order valence-corrected chi connectivity index (χ3v) is 3.64. The molecule has 0 aromatic rings. The summed E-state index contributed by atoms with van der Waals surface area (Å²) in [6.07, 6.45) is 1.27. The molecule has 0 spiro atoms. The Balaban J connectivity index is 2.04. The summed E-state index contributed by atoms with van der Waals surface area (Å²) in [5.41, 5.74) is 1.39. The number of hydrogen-bond acceptors (Lipinski definition) is 1. The quantitative estimate of drug-likeness (QED) is 0.521. The van der Waals surface area contributed by atoms with Gasteiger partial charge in [-0.25, -0.2) is 0 Å². The summed E-state index contributed by atoms with van der Waals surface area (Å²) in [6, 6.07) is 0.801. The van der Waals surface area contributed by atoms with Crippen LogP contribution in [0.4, 0.5) is 0 Å². The van der Waals surface area contributed by atoms with Crippen LogP contribution in [-0.4, -0.2) is 12.6 Å². The fourth-order valence-corrected chi connectivity index (χ4v) is 2.61. The third kappa shape index (κ3) is 0.943. The fourth-order valence-electron chi connectivity index (χ4n) is 2.61. The minimum absolute atomic E-state index is 0.801. The Morgan fingerprint density at radius 1 is 1.36 bits per heavy atom. The van der Waals surface area contributed by atoms with Gasteiger partial charge in [0.2, 0.25) is 0 Å². The van der Waals surface area contributed by atoms with Crippen LogP contribution in [0.3, 0.4) is 0 Å². The molecule has 4 atom stereocenters. The van der Waals surface area contributed by atoms with Gasteiger partial charge in [-0.1, -0.05) is 26.0 Å². The van der Waals surface area contributed by atoms with Crippen molar-refractivity contribution in [2.45, 2.75) is 26.3 Å². The van der Waals surface area contributed by atoms with Crippen LogP contribution >= 0.6 is 0 Å². The van der Waals surface area contributed by atoms with Gasteiger partial charge in [0.15, 0.2) is 0 Å². The molecule has 1 N–H and O–H groups in total. The van der Waals surface area contributed by atoms with Crippen LogP contribution in [0.2, 0.25) is 0 Å². The van der Waals surface area contributed by atoms with Gasteiger partial charge in [-0.3, -0.25) is 0 Å². The molecule has 4 unspecified atom stereocenters. The van der Waals surface area contributed by atoms with E-state index < -0.39 is 0 Å². The van der Waals surface area contributed by atoms with Crippen LogP contribution in [0, 0.1) is 17.8 Å². The van der Waals surface area contributed by atoms with E-state index >= 15 is 0 Å². The largest absolute Gasteiger partial charge is 0.310 e. The topological polar surface area (TPSA) is 12.0 Å². The van der Waals surface area contributed by atoms with Gasteiger partial charge in [0.05, 0.1) is 0 Å². The van der Waals surface area contributed by atoms with Gasteiger partial charge in [-0.15, -0.1) is 0 Å². The van der Waals surface area contributed by atoms with Crippen molar-refractivity contribution in [3.05, 3.63) is 12.2 Å². The van der Waals surface area contributed by atoms with E-state index in [0.29, 0.717) is 0 Å². The van der Waals surface area contributed by atoms with E-state index in [1.54, 1.807) is 0 Å². The predicted octanol–water partition coefficient (Wildman–Crippen LogP) is 1.81. The highest BCUT2D eigenvalue weighted by Gasteiger charge is 2.46. The highest BCUT2D eigenvalue weighted by Crippen LogP contribution is 2.45. The molecule has 1 nitrogen and oxygen atoms in total. The van der Waals surface area contributed by atoms with E-state index in [1.807, 2.05) is 0 Å². The van der Waals surface area contributed by atoms with Crippen LogP contribution in [0.5, 0.6) is 0 Å². The monoisotopic (exact) mass is 151 g/mol. The Labute approximate surface area is 68.9 Å². The van der Waals surface area contributed by atoms with Gasteiger partial charge in [-0.2, -0.15) is 0 Å². The highest BCUT2D eigenvalue weighted by atomic mass is 15.0. The number of rotatable bonds is 0. The van der Waals surface area contributed by atoms with Crippen molar-refractivity contribution in [2.24, 2.45) is 17.8 Å². The second-order valence-electron chi connectivity index (χ2n) is 4.24. The zero-order chi connectivity index (χ0) is 8.01. The Kier molecular flexibility index (Phi) is 1.57. The summed E-state index contributed by atoms with van der Waals surface area (Å²) in [5, 5.41) is 3.55. The average molecular weight is 151 g/mol. The van der Waals surface area contributed by atoms with Crippen molar-refractivity contribution in [1.82, 2.24) is 5.32 Å². The molecule has 0 bridgehead atoms. The van der Waals surface area contributed by atoms with Crippen LogP contribution < -0.4 is 5.32 Å². The lowest BCUT2D eigenvalue weighted by atomic mass is 9.59. The molecule has 0 radical (unpaired) electrons. The molecule has 2 aliphatic rings. The normalized spacial score (nSPS) is 49.8. The van der Waals surface area contributed by atoms with Crippen molar-refractivity contribution in [3.63, 3.8) is 0 Å². The van der Waals surface area contributed by atoms with Gasteiger partial charge in [0.25, 0.3) is 0 Å². The third-order valence-electron chi connectivity index (χ3n) is 3.64. The van der Waals surface area contributed by atoms with Crippen LogP contribution in [0.1, 0.15) is 20.3 Å². The summed E-state index contributed by atoms with van der Waals surface area (Å²) in [6.45, 7) is 9.80. The Bertz CT molecular complexity index is 185. The first kappa shape index (κ1) is 7.35. The lowest BCUT2D eigenvalue weighted by Gasteiger charge is -2.53. The molecule has 1 saturated heterocycles. The number of nitrogens with one attached hydrogen (secondary N) is 1. The average Bonchev–Trinajstić information content (AvgIpc) is 2.03. The molecule has 1 aliphatic heterocycles. The van der Waals surface area contributed by atoms with E-state index in [9.17, 15) is 0 Å². The molecule has 62 valence electrons. The number of hydrogen-bond donors (Lipinski definition) is 1. The van der Waals surface area contributed by atoms with Crippen LogP contribution in [0.25, 0.3) is 0 Å². The number of fused-ring (bicyclic) bond motifs is 1. The smallest absolute Gasteiger partial charge is 0.0164 e. The molecule has 0 amide bonds. The molecule has 0 aromatic heterocycles. The summed E-state index contributed by atoms with van der Waals surface area (Å²) in [5.74, 6) is 2.68. The molecular formula is C10H17N. The summed E-state index contributed by atoms with van der Waals surface area (Å²) in [4.78, 5) is 0. The van der Waals surface area contributed by atoms with Crippen molar-refractivity contribution < 1.29 is 0 Å². The first-order chi connectivity index (χ1) is 5.20. The van der Waals surface area contributed by atoms with Crippen molar-refractivity contribution >= 4 is 0 Å². The van der Waals surface area contributed by atoms with Gasteiger partial charge in [-0.05, 0) is 24.2 Å². The van der Waals surface area contributed by atoms with E-state index in [4.69, 9.17) is 0 Å². The van der Waals surface area contributed by atoms with Crippen LogP contribution in [0.15, 0.2) is 12.2 Å². The molecule has 1 aliphatic carbocycles. The molecule has 1 heterocycles. The first-order valence-electron chi connectivity index (χ1n) is 4.60. The highest BCUT2D eigenvalue weighted by molar-refractivity contribution is 5.12. The Hall–Kier alpha value is -0.300. The van der Waals surface area contributed by atoms with E-state index in [2.05, 4.69) is 25.7 Å². The maximum Gasteiger partial charge on any atom is 0.0164 e. The Morgan fingerprint density at radius 2 is 2.09 bits per heavy atom. The molecule has 1 saturated carbocycles. The summed E-state index contributed by atoms with van der Waals surface area (Å²) < 4.78 is 0. The summed E-state index contributed by atoms with van der Waals surface area (Å²) >= 11 is 0. The molecule has 11 heavy (non-hydrogen) atoms.